The minimum absolute atomic E-state index is 0.284. The van der Waals surface area contributed by atoms with Crippen molar-refractivity contribution >= 4 is 0 Å². The molecule has 0 fully saturated rings. The Kier molecular flexibility index (Phi) is 1.97. The summed E-state index contributed by atoms with van der Waals surface area (Å²) in [6.07, 6.45) is 5.42. The molecule has 1 rings (SSSR count). The van der Waals surface area contributed by atoms with Crippen LogP contribution in [0.1, 0.15) is 30.9 Å². The summed E-state index contributed by atoms with van der Waals surface area (Å²) in [6, 6.07) is 0. The van der Waals surface area contributed by atoms with Gasteiger partial charge >= 0.3 is 0 Å². The van der Waals surface area contributed by atoms with Crippen LogP contribution in [0, 0.1) is 26.2 Å². The molecule has 0 aliphatic carbocycles. The van der Waals surface area contributed by atoms with Crippen LogP contribution in [0.15, 0.2) is 4.52 Å². The molecule has 0 saturated heterocycles. The molecule has 0 spiro atoms. The van der Waals surface area contributed by atoms with Gasteiger partial charge in [0.25, 0.3) is 0 Å². The third-order valence-electron chi connectivity index (χ3n) is 2.02. The molecule has 0 amide bonds. The van der Waals surface area contributed by atoms with E-state index >= 15 is 0 Å². The summed E-state index contributed by atoms with van der Waals surface area (Å²) in [6.45, 7) is 7.76. The highest BCUT2D eigenvalue weighted by atomic mass is 16.5. The molecule has 12 heavy (non-hydrogen) atoms. The van der Waals surface area contributed by atoms with Crippen molar-refractivity contribution in [2.24, 2.45) is 0 Å². The minimum Gasteiger partial charge on any atom is -0.361 e. The largest absolute Gasteiger partial charge is 0.361 e. The molecule has 2 heteroatoms. The molecular weight excluding hydrogens is 150 g/mol. The quantitative estimate of drug-likeness (QED) is 0.593. The Morgan fingerprint density at radius 2 is 2.00 bits per heavy atom. The van der Waals surface area contributed by atoms with E-state index < -0.39 is 0 Å². The van der Waals surface area contributed by atoms with Crippen LogP contribution < -0.4 is 0 Å². The average molecular weight is 163 g/mol. The lowest BCUT2D eigenvalue weighted by Crippen LogP contribution is -2.15. The van der Waals surface area contributed by atoms with E-state index in [4.69, 9.17) is 10.9 Å². The van der Waals surface area contributed by atoms with E-state index in [2.05, 4.69) is 11.1 Å². The number of rotatable bonds is 1. The summed E-state index contributed by atoms with van der Waals surface area (Å²) in [5.74, 6) is 3.54. The van der Waals surface area contributed by atoms with E-state index in [0.717, 1.165) is 17.0 Å². The van der Waals surface area contributed by atoms with E-state index in [-0.39, 0.29) is 5.41 Å². The smallest absolute Gasteiger partial charge is 0.138 e. The maximum Gasteiger partial charge on any atom is 0.138 e. The van der Waals surface area contributed by atoms with Crippen LogP contribution in [0.25, 0.3) is 0 Å². The van der Waals surface area contributed by atoms with E-state index in [9.17, 15) is 0 Å². The zero-order chi connectivity index (χ0) is 9.35. The SMILES string of the molecule is C#CC(C)(C)c1c(C)noc1C. The van der Waals surface area contributed by atoms with Gasteiger partial charge in [0.2, 0.25) is 0 Å². The molecule has 0 unspecified atom stereocenters. The van der Waals surface area contributed by atoms with E-state index in [1.807, 2.05) is 27.7 Å². The van der Waals surface area contributed by atoms with Gasteiger partial charge in [0.1, 0.15) is 5.76 Å². The van der Waals surface area contributed by atoms with Crippen molar-refractivity contribution < 1.29 is 4.52 Å². The second kappa shape index (κ2) is 2.67. The summed E-state index contributed by atoms with van der Waals surface area (Å²) in [5, 5.41) is 3.86. The first kappa shape index (κ1) is 8.86. The van der Waals surface area contributed by atoms with Gasteiger partial charge in [0, 0.05) is 5.56 Å². The summed E-state index contributed by atoms with van der Waals surface area (Å²) < 4.78 is 5.04. The van der Waals surface area contributed by atoms with Gasteiger partial charge in [-0.05, 0) is 27.7 Å². The lowest BCUT2D eigenvalue weighted by Gasteiger charge is -2.16. The zero-order valence-corrected chi connectivity index (χ0v) is 7.93. The van der Waals surface area contributed by atoms with Gasteiger partial charge in [-0.3, -0.25) is 0 Å². The van der Waals surface area contributed by atoms with Crippen LogP contribution in [0.5, 0.6) is 0 Å². The highest BCUT2D eigenvalue weighted by Crippen LogP contribution is 2.27. The first-order chi connectivity index (χ1) is 5.49. The van der Waals surface area contributed by atoms with Gasteiger partial charge in [0.05, 0.1) is 11.1 Å². The standard InChI is InChI=1S/C10H13NO/c1-6-10(4,5)9-7(2)11-12-8(9)3/h1H,2-5H3. The van der Waals surface area contributed by atoms with E-state index in [1.165, 1.54) is 0 Å². The lowest BCUT2D eigenvalue weighted by molar-refractivity contribution is 0.391. The van der Waals surface area contributed by atoms with Crippen LogP contribution in [-0.2, 0) is 5.41 Å². The number of nitrogens with zero attached hydrogens (tertiary/aromatic N) is 1. The molecule has 0 radical (unpaired) electrons. The zero-order valence-electron chi connectivity index (χ0n) is 7.93. The predicted octanol–water partition coefficient (Wildman–Crippen LogP) is 2.20. The summed E-state index contributed by atoms with van der Waals surface area (Å²) in [7, 11) is 0. The Balaban J connectivity index is 3.28. The van der Waals surface area contributed by atoms with Crippen molar-refractivity contribution in [2.75, 3.05) is 0 Å². The molecule has 1 heterocycles. The van der Waals surface area contributed by atoms with E-state index in [1.54, 1.807) is 0 Å². The monoisotopic (exact) mass is 163 g/mol. The number of terminal acetylenes is 1. The topological polar surface area (TPSA) is 26.0 Å². The molecule has 0 saturated carbocycles. The molecule has 2 nitrogen and oxygen atoms in total. The third kappa shape index (κ3) is 1.23. The van der Waals surface area contributed by atoms with Crippen molar-refractivity contribution in [3.63, 3.8) is 0 Å². The highest BCUT2D eigenvalue weighted by Gasteiger charge is 2.25. The molecule has 1 aromatic rings. The highest BCUT2D eigenvalue weighted by molar-refractivity contribution is 5.36. The van der Waals surface area contributed by atoms with Gasteiger partial charge in [-0.25, -0.2) is 0 Å². The van der Waals surface area contributed by atoms with Gasteiger partial charge in [-0.2, -0.15) is 0 Å². The Bertz CT molecular complexity index is 309. The Morgan fingerprint density at radius 3 is 2.33 bits per heavy atom. The Labute approximate surface area is 73.0 Å². The summed E-state index contributed by atoms with van der Waals surface area (Å²) >= 11 is 0. The maximum absolute atomic E-state index is 5.42. The molecule has 0 N–H and O–H groups in total. The molecule has 0 aliphatic heterocycles. The van der Waals surface area contributed by atoms with Crippen LogP contribution in [0.4, 0.5) is 0 Å². The molecule has 1 aromatic heterocycles. The number of hydrogen-bond donors (Lipinski definition) is 0. The van der Waals surface area contributed by atoms with Gasteiger partial charge < -0.3 is 4.52 Å². The fourth-order valence-corrected chi connectivity index (χ4v) is 1.45. The van der Waals surface area contributed by atoms with Gasteiger partial charge in [0.15, 0.2) is 0 Å². The van der Waals surface area contributed by atoms with Crippen LogP contribution in [-0.4, -0.2) is 5.16 Å². The first-order valence-electron chi connectivity index (χ1n) is 3.90. The number of aryl methyl sites for hydroxylation is 2. The molecule has 0 aliphatic rings. The Morgan fingerprint density at radius 1 is 1.42 bits per heavy atom. The van der Waals surface area contributed by atoms with Crippen molar-refractivity contribution in [1.29, 1.82) is 0 Å². The average Bonchev–Trinajstić information content (AvgIpc) is 2.31. The van der Waals surface area contributed by atoms with Crippen molar-refractivity contribution in [3.05, 3.63) is 17.0 Å². The van der Waals surface area contributed by atoms with Crippen LogP contribution in [0.3, 0.4) is 0 Å². The Hall–Kier alpha value is -1.23. The van der Waals surface area contributed by atoms with Crippen molar-refractivity contribution in [1.82, 2.24) is 5.16 Å². The molecule has 0 bridgehead atoms. The number of aromatic nitrogens is 1. The van der Waals surface area contributed by atoms with E-state index in [0.29, 0.717) is 0 Å². The predicted molar refractivity (Wildman–Crippen MR) is 47.8 cm³/mol. The lowest BCUT2D eigenvalue weighted by atomic mass is 9.84. The number of hydrogen-bond acceptors (Lipinski definition) is 2. The summed E-state index contributed by atoms with van der Waals surface area (Å²) in [4.78, 5) is 0. The fraction of sp³-hybridized carbons (Fsp3) is 0.500. The van der Waals surface area contributed by atoms with Crippen LogP contribution in [0.2, 0.25) is 0 Å². The van der Waals surface area contributed by atoms with Crippen LogP contribution >= 0.6 is 0 Å². The second-order valence-corrected chi connectivity index (χ2v) is 3.47. The van der Waals surface area contributed by atoms with Gasteiger partial charge in [-0.15, -0.1) is 6.42 Å². The van der Waals surface area contributed by atoms with Gasteiger partial charge in [-0.1, -0.05) is 11.1 Å². The van der Waals surface area contributed by atoms with Crippen molar-refractivity contribution in [3.8, 4) is 12.3 Å². The third-order valence-corrected chi connectivity index (χ3v) is 2.02. The molecule has 0 atom stereocenters. The molecular formula is C10H13NO. The molecule has 0 aromatic carbocycles. The summed E-state index contributed by atoms with van der Waals surface area (Å²) in [5.41, 5.74) is 1.63. The van der Waals surface area contributed by atoms with Crippen molar-refractivity contribution in [2.45, 2.75) is 33.1 Å². The maximum atomic E-state index is 5.42. The molecule has 64 valence electrons. The first-order valence-corrected chi connectivity index (χ1v) is 3.90. The minimum atomic E-state index is -0.284. The fourth-order valence-electron chi connectivity index (χ4n) is 1.45. The second-order valence-electron chi connectivity index (χ2n) is 3.47. The normalized spacial score (nSPS) is 11.2.